The number of amides is 2. The van der Waals surface area contributed by atoms with Gasteiger partial charge in [-0.25, -0.2) is 9.98 Å². The third kappa shape index (κ3) is 12.6. The lowest BCUT2D eigenvalue weighted by Gasteiger charge is -2.25. The van der Waals surface area contributed by atoms with Gasteiger partial charge in [-0.1, -0.05) is 43.2 Å². The number of likely N-dealkylation sites (N-methyl/N-ethyl adjacent to an activating group) is 1. The molecule has 1 unspecified atom stereocenters. The first-order valence-electron chi connectivity index (χ1n) is 15.8. The highest BCUT2D eigenvalue weighted by Crippen LogP contribution is 2.34. The number of carbonyl (C=O) groups is 2. The van der Waals surface area contributed by atoms with Gasteiger partial charge >= 0.3 is 0 Å². The number of pyridine rings is 1. The van der Waals surface area contributed by atoms with Crippen molar-refractivity contribution in [2.24, 2.45) is 16.6 Å². The van der Waals surface area contributed by atoms with Crippen molar-refractivity contribution in [3.05, 3.63) is 70.3 Å². The summed E-state index contributed by atoms with van der Waals surface area (Å²) in [4.78, 5) is 33.6. The topological polar surface area (TPSA) is 179 Å². The summed E-state index contributed by atoms with van der Waals surface area (Å²) in [7, 11) is 6.59. The van der Waals surface area contributed by atoms with Gasteiger partial charge in [-0.3, -0.25) is 9.59 Å². The summed E-state index contributed by atoms with van der Waals surface area (Å²) < 4.78 is 10.9. The lowest BCUT2D eigenvalue weighted by atomic mass is 10.0. The van der Waals surface area contributed by atoms with Crippen LogP contribution in [-0.2, 0) is 14.3 Å². The van der Waals surface area contributed by atoms with Gasteiger partial charge in [0.05, 0.1) is 37.0 Å². The van der Waals surface area contributed by atoms with Crippen molar-refractivity contribution in [2.75, 3.05) is 53.3 Å². The van der Waals surface area contributed by atoms with Gasteiger partial charge in [0, 0.05) is 62.9 Å². The fourth-order valence-electron chi connectivity index (χ4n) is 4.19. The standard InChI is InChI=1S/C28H36N8O3S.C4H8.C2H5NO/c1-17(29)23(11-24(30)33-12-18-5-6-18)35-27-26(39-4)21(9-10-31-27)19-7-8-22(32-13-19)28(37)36(2)15-25-34-14-20(40-25)16-38-3;1-4-2-3-4;1-3-2-4/h7-12,14,25,29,32,34H,5-6,13,15-16H2,1-4H3,(H2,30,33)(H,31,35);4H,2-3H2,1H3;2H,1H3,(H,3,4)/b23-11+,29-17?;;. The molecule has 0 bridgehead atoms. The molecular weight excluding hydrogens is 631 g/mol. The van der Waals surface area contributed by atoms with E-state index in [4.69, 9.17) is 25.4 Å². The first-order chi connectivity index (χ1) is 23.1. The number of nitrogens with one attached hydrogen (secondary N) is 5. The van der Waals surface area contributed by atoms with Gasteiger partial charge in [0.15, 0.2) is 11.6 Å². The Bertz CT molecular complexity index is 1490. The number of thioether (sulfide) groups is 1. The SMILES string of the molecule is CC1CC1.CNC=O.COCC1=CNC(CN(C)C(=O)C2=CC=C(c3ccnc(N/C(=C/C(N)=NC=C4CC4)C(C)=N)c3OC)CN2)S1. The molecule has 4 aliphatic rings. The number of allylic oxidation sites excluding steroid dienone is 4. The number of aromatic nitrogens is 1. The van der Waals surface area contributed by atoms with E-state index in [0.717, 1.165) is 34.8 Å². The Hall–Kier alpha value is -4.56. The third-order valence-electron chi connectivity index (χ3n) is 7.27. The lowest BCUT2D eigenvalue weighted by molar-refractivity contribution is -0.126. The Morgan fingerprint density at radius 1 is 1.29 bits per heavy atom. The third-order valence-corrected chi connectivity index (χ3v) is 8.38. The predicted octanol–water partition coefficient (Wildman–Crippen LogP) is 3.72. The second-order valence-electron chi connectivity index (χ2n) is 11.6. The van der Waals surface area contributed by atoms with Gasteiger partial charge < -0.3 is 46.8 Å². The summed E-state index contributed by atoms with van der Waals surface area (Å²) in [6.45, 7) is 5.47. The van der Waals surface area contributed by atoms with Gasteiger partial charge in [0.25, 0.3) is 5.91 Å². The number of hydrogen-bond donors (Lipinski definition) is 6. The molecule has 2 fully saturated rings. The molecule has 0 spiro atoms. The molecule has 5 rings (SSSR count). The van der Waals surface area contributed by atoms with E-state index in [9.17, 15) is 4.79 Å². The molecule has 1 atom stereocenters. The minimum Gasteiger partial charge on any atom is -0.492 e. The molecule has 13 nitrogen and oxygen atoms in total. The molecule has 2 aliphatic heterocycles. The van der Waals surface area contributed by atoms with Crippen LogP contribution >= 0.6 is 11.8 Å². The Kier molecular flexibility index (Phi) is 15.2. The van der Waals surface area contributed by atoms with Crippen LogP contribution in [0.3, 0.4) is 0 Å². The quantitative estimate of drug-likeness (QED) is 0.102. The fraction of sp³-hybridized carbons (Fsp3) is 0.441. The van der Waals surface area contributed by atoms with Crippen LogP contribution in [0.4, 0.5) is 5.82 Å². The van der Waals surface area contributed by atoms with Gasteiger partial charge in [-0.05, 0) is 43.4 Å². The molecule has 2 saturated carbocycles. The van der Waals surface area contributed by atoms with Crippen molar-refractivity contribution in [1.82, 2.24) is 25.8 Å². The van der Waals surface area contributed by atoms with Crippen molar-refractivity contribution in [3.63, 3.8) is 0 Å². The molecule has 2 amide bonds. The Morgan fingerprint density at radius 3 is 2.54 bits per heavy atom. The monoisotopic (exact) mass is 679 g/mol. The Balaban J connectivity index is 0.000000692. The van der Waals surface area contributed by atoms with E-state index < -0.39 is 0 Å². The summed E-state index contributed by atoms with van der Waals surface area (Å²) >= 11 is 1.67. The minimum absolute atomic E-state index is 0.0850. The van der Waals surface area contributed by atoms with Crippen LogP contribution in [-0.4, -0.2) is 87.1 Å². The summed E-state index contributed by atoms with van der Waals surface area (Å²) in [5.74, 6) is 2.25. The normalized spacial score (nSPS) is 18.1. The Morgan fingerprint density at radius 2 is 2.00 bits per heavy atom. The van der Waals surface area contributed by atoms with Crippen molar-refractivity contribution in [1.29, 1.82) is 5.41 Å². The van der Waals surface area contributed by atoms with Crippen LogP contribution in [0.2, 0.25) is 0 Å². The van der Waals surface area contributed by atoms with Crippen molar-refractivity contribution in [3.8, 4) is 5.75 Å². The zero-order valence-electron chi connectivity index (χ0n) is 28.7. The first-order valence-corrected chi connectivity index (χ1v) is 16.7. The highest BCUT2D eigenvalue weighted by molar-refractivity contribution is 8.03. The van der Waals surface area contributed by atoms with Gasteiger partial charge in [-0.2, -0.15) is 0 Å². The zero-order valence-corrected chi connectivity index (χ0v) is 29.5. The smallest absolute Gasteiger partial charge is 0.269 e. The number of aliphatic imine (C=N–C) groups is 1. The number of rotatable bonds is 13. The molecule has 1 aromatic rings. The maximum Gasteiger partial charge on any atom is 0.269 e. The molecule has 0 saturated heterocycles. The number of anilines is 1. The van der Waals surface area contributed by atoms with Crippen LogP contribution < -0.4 is 31.7 Å². The average molecular weight is 680 g/mol. The van der Waals surface area contributed by atoms with E-state index in [-0.39, 0.29) is 17.0 Å². The van der Waals surface area contributed by atoms with E-state index in [1.807, 2.05) is 18.3 Å². The molecule has 0 radical (unpaired) electrons. The van der Waals surface area contributed by atoms with Crippen molar-refractivity contribution < 1.29 is 19.1 Å². The molecular formula is C34H49N9O4S. The lowest BCUT2D eigenvalue weighted by Crippen LogP contribution is -2.40. The largest absolute Gasteiger partial charge is 0.492 e. The van der Waals surface area contributed by atoms with E-state index in [1.54, 1.807) is 76.4 Å². The number of dihydropyridines is 1. The maximum absolute atomic E-state index is 13.1. The molecule has 0 aromatic carbocycles. The van der Waals surface area contributed by atoms with Crippen LogP contribution in [0.1, 0.15) is 45.1 Å². The van der Waals surface area contributed by atoms with E-state index in [1.165, 1.54) is 18.4 Å². The predicted molar refractivity (Wildman–Crippen MR) is 195 cm³/mol. The number of hydrogen-bond acceptors (Lipinski definition) is 11. The van der Waals surface area contributed by atoms with Gasteiger partial charge in [0.1, 0.15) is 11.5 Å². The maximum atomic E-state index is 13.1. The minimum atomic E-state index is -0.0882. The number of amidine groups is 1. The van der Waals surface area contributed by atoms with Crippen molar-refractivity contribution in [2.45, 2.75) is 44.9 Å². The summed E-state index contributed by atoms with van der Waals surface area (Å²) in [5, 5.41) is 20.2. The average Bonchev–Trinajstić information content (AvgIpc) is 4.03. The Labute approximate surface area is 287 Å². The van der Waals surface area contributed by atoms with E-state index >= 15 is 0 Å². The van der Waals surface area contributed by atoms with Crippen LogP contribution in [0.15, 0.2) is 69.8 Å². The van der Waals surface area contributed by atoms with E-state index in [0.29, 0.717) is 54.9 Å². The summed E-state index contributed by atoms with van der Waals surface area (Å²) in [5.41, 5.74) is 10.3. The van der Waals surface area contributed by atoms with E-state index in [2.05, 4.69) is 38.2 Å². The fourth-order valence-corrected chi connectivity index (χ4v) is 5.31. The second kappa shape index (κ2) is 19.3. The van der Waals surface area contributed by atoms with Gasteiger partial charge in [-0.15, -0.1) is 0 Å². The molecule has 260 valence electrons. The number of methoxy groups -OCH3 is 2. The molecule has 48 heavy (non-hydrogen) atoms. The van der Waals surface area contributed by atoms with Crippen molar-refractivity contribution >= 4 is 47.0 Å². The second-order valence-corrected chi connectivity index (χ2v) is 12.9. The molecule has 7 N–H and O–H groups in total. The number of carbonyl (C=O) groups excluding carboxylic acids is 2. The molecule has 2 aliphatic carbocycles. The number of nitrogens with zero attached hydrogens (tertiary/aromatic N) is 3. The zero-order chi connectivity index (χ0) is 35.1. The highest BCUT2D eigenvalue weighted by Gasteiger charge is 2.24. The van der Waals surface area contributed by atoms with Crippen LogP contribution in [0, 0.1) is 11.3 Å². The first kappa shape index (κ1) is 37.9. The van der Waals surface area contributed by atoms with Crippen LogP contribution in [0.25, 0.3) is 5.57 Å². The summed E-state index contributed by atoms with van der Waals surface area (Å²) in [6.07, 6.45) is 16.4. The molecule has 1 aromatic heterocycles. The highest BCUT2D eigenvalue weighted by atomic mass is 32.2. The molecule has 14 heteroatoms. The van der Waals surface area contributed by atoms with Gasteiger partial charge in [0.2, 0.25) is 6.41 Å². The number of nitrogens with two attached hydrogens (primary N) is 1. The number of ether oxygens (including phenoxy) is 2. The summed E-state index contributed by atoms with van der Waals surface area (Å²) in [6, 6.07) is 1.86. The molecule has 3 heterocycles. The van der Waals surface area contributed by atoms with Crippen LogP contribution in [0.5, 0.6) is 5.75 Å².